The number of ether oxygens (including phenoxy) is 8. The van der Waals surface area contributed by atoms with Gasteiger partial charge in [-0.1, -0.05) is 41.5 Å². The first-order valence-corrected chi connectivity index (χ1v) is 15.7. The van der Waals surface area contributed by atoms with Gasteiger partial charge in [0, 0.05) is 34.9 Å². The average molecular weight is 625 g/mol. The van der Waals surface area contributed by atoms with E-state index < -0.39 is 17.3 Å². The molecule has 2 aliphatic heterocycles. The molecule has 45 heavy (non-hydrogen) atoms. The second kappa shape index (κ2) is 12.0. The summed E-state index contributed by atoms with van der Waals surface area (Å²) in [6.45, 7) is 12.4. The van der Waals surface area contributed by atoms with Gasteiger partial charge in [-0.05, 0) is 49.1 Å². The summed E-state index contributed by atoms with van der Waals surface area (Å²) in [4.78, 5) is 14.9. The first-order chi connectivity index (χ1) is 21.4. The number of benzene rings is 2. The molecule has 1 aliphatic carbocycles. The van der Waals surface area contributed by atoms with Crippen LogP contribution in [0.25, 0.3) is 0 Å². The summed E-state index contributed by atoms with van der Waals surface area (Å²) in [6.07, 6.45) is 1.32. The van der Waals surface area contributed by atoms with Crippen LogP contribution in [0.1, 0.15) is 82.1 Å². The van der Waals surface area contributed by atoms with Crippen LogP contribution in [0.15, 0.2) is 23.5 Å². The molecule has 2 heterocycles. The highest BCUT2D eigenvalue weighted by Gasteiger charge is 2.69. The third-order valence-corrected chi connectivity index (χ3v) is 9.67. The Balaban J connectivity index is 1.83. The first-order valence-electron chi connectivity index (χ1n) is 15.7. The van der Waals surface area contributed by atoms with E-state index in [1.165, 1.54) is 7.11 Å². The van der Waals surface area contributed by atoms with Gasteiger partial charge in [0.15, 0.2) is 34.4 Å². The molecule has 0 bridgehead atoms. The smallest absolute Gasteiger partial charge is 0.245 e. The Kier molecular flexibility index (Phi) is 8.72. The largest absolute Gasteiger partial charge is 0.496 e. The predicted molar refractivity (Wildman–Crippen MR) is 170 cm³/mol. The van der Waals surface area contributed by atoms with Crippen molar-refractivity contribution in [3.8, 4) is 34.5 Å². The molecule has 0 saturated heterocycles. The van der Waals surface area contributed by atoms with Gasteiger partial charge in [0.05, 0.1) is 41.5 Å². The van der Waals surface area contributed by atoms with E-state index in [2.05, 4.69) is 27.7 Å². The zero-order valence-electron chi connectivity index (χ0n) is 28.8. The monoisotopic (exact) mass is 624 g/mol. The van der Waals surface area contributed by atoms with Crippen molar-refractivity contribution in [2.45, 2.75) is 84.0 Å². The van der Waals surface area contributed by atoms with E-state index in [1.807, 2.05) is 26.0 Å². The maximum absolute atomic E-state index is 14.9. The molecule has 9 heteroatoms. The van der Waals surface area contributed by atoms with Gasteiger partial charge in [0.1, 0.15) is 11.5 Å². The third-order valence-electron chi connectivity index (χ3n) is 9.67. The molecule has 0 radical (unpaired) electrons. The molecule has 0 fully saturated rings. The molecule has 0 saturated carbocycles. The van der Waals surface area contributed by atoms with Gasteiger partial charge >= 0.3 is 0 Å². The number of carbonyl (C=O) groups is 1. The zero-order chi connectivity index (χ0) is 33.0. The average Bonchev–Trinajstić information content (AvgIpc) is 3.03. The third kappa shape index (κ3) is 4.64. The Hall–Kier alpha value is -3.59. The molecule has 2 aromatic rings. The van der Waals surface area contributed by atoms with Crippen molar-refractivity contribution in [1.29, 1.82) is 0 Å². The molecule has 0 N–H and O–H groups in total. The van der Waals surface area contributed by atoms with Crippen LogP contribution < -0.4 is 28.4 Å². The molecular weight excluding hydrogens is 576 g/mol. The Bertz CT molecular complexity index is 1520. The van der Waals surface area contributed by atoms with Gasteiger partial charge in [0.2, 0.25) is 11.6 Å². The van der Waals surface area contributed by atoms with Crippen molar-refractivity contribution < 1.29 is 42.7 Å². The molecule has 1 spiro atoms. The van der Waals surface area contributed by atoms with E-state index in [4.69, 9.17) is 37.9 Å². The number of ketones is 1. The molecule has 5 rings (SSSR count). The lowest BCUT2D eigenvalue weighted by molar-refractivity contribution is -0.234. The quantitative estimate of drug-likeness (QED) is 0.300. The highest BCUT2D eigenvalue weighted by molar-refractivity contribution is 6.03. The molecule has 9 nitrogen and oxygen atoms in total. The number of fused-ring (bicyclic) bond motifs is 4. The molecule has 3 atom stereocenters. The van der Waals surface area contributed by atoms with Crippen molar-refractivity contribution in [2.24, 2.45) is 11.8 Å². The second-order valence-corrected chi connectivity index (χ2v) is 13.0. The fourth-order valence-electron chi connectivity index (χ4n) is 7.80. The van der Waals surface area contributed by atoms with Gasteiger partial charge < -0.3 is 37.9 Å². The van der Waals surface area contributed by atoms with Crippen LogP contribution in [-0.4, -0.2) is 59.8 Å². The maximum atomic E-state index is 14.9. The van der Waals surface area contributed by atoms with Crippen LogP contribution in [0, 0.1) is 11.8 Å². The highest BCUT2D eigenvalue weighted by Crippen LogP contribution is 2.60. The van der Waals surface area contributed by atoms with Gasteiger partial charge in [-0.3, -0.25) is 4.79 Å². The molecule has 0 amide bonds. The summed E-state index contributed by atoms with van der Waals surface area (Å²) in [6, 6.07) is 3.99. The SMILES string of the molecule is COC1=C(C(C)C)[C@]2(OC)Oc3c(cc(OC)c(C(C)C)c3OC)C[C@@H]2[C@@]2(CCc3cc(OC)c(C(C)C)c(OC)c3O2)C1=O. The minimum Gasteiger partial charge on any atom is -0.496 e. The summed E-state index contributed by atoms with van der Waals surface area (Å²) in [7, 11) is 9.70. The molecular formula is C36H48O9. The summed E-state index contributed by atoms with van der Waals surface area (Å²) in [5.74, 6) is 1.68. The number of aryl methyl sites for hydroxylation is 1. The normalized spacial score (nSPS) is 23.8. The van der Waals surface area contributed by atoms with Gasteiger partial charge in [-0.15, -0.1) is 0 Å². The Morgan fingerprint density at radius 1 is 0.711 bits per heavy atom. The number of hydrogen-bond acceptors (Lipinski definition) is 9. The number of carbonyl (C=O) groups excluding carboxylic acids is 1. The molecule has 246 valence electrons. The maximum Gasteiger partial charge on any atom is 0.245 e. The van der Waals surface area contributed by atoms with Crippen molar-refractivity contribution in [3.63, 3.8) is 0 Å². The molecule has 0 aromatic heterocycles. The standard InChI is InChI=1S/C36H48O9/c1-18(2)26-23(38-7)15-21-13-14-35(44-29(21)31(26)40-9)25-17-22-16-24(39-8)27(19(3)4)32(41-10)30(22)45-36(25,43-12)28(20(5)6)33(42-11)34(35)37/h15-16,18-20,25H,13-14,17H2,1-12H3/t25-,35+,36-/m1/s1. The van der Waals surface area contributed by atoms with Crippen LogP contribution >= 0.6 is 0 Å². The Morgan fingerprint density at radius 3 is 1.69 bits per heavy atom. The first kappa shape index (κ1) is 32.8. The fourth-order valence-corrected chi connectivity index (χ4v) is 7.80. The topological polar surface area (TPSA) is 90.9 Å². The summed E-state index contributed by atoms with van der Waals surface area (Å²) >= 11 is 0. The van der Waals surface area contributed by atoms with E-state index in [-0.39, 0.29) is 29.3 Å². The minimum absolute atomic E-state index is 0.0729. The number of methoxy groups -OCH3 is 6. The van der Waals surface area contributed by atoms with Crippen LogP contribution in [0.5, 0.6) is 34.5 Å². The number of hydrogen-bond donors (Lipinski definition) is 0. The lowest BCUT2D eigenvalue weighted by atomic mass is 9.62. The van der Waals surface area contributed by atoms with E-state index in [0.717, 1.165) is 28.0 Å². The van der Waals surface area contributed by atoms with Gasteiger partial charge in [-0.2, -0.15) is 0 Å². The fraction of sp³-hybridized carbons (Fsp3) is 0.583. The Labute approximate surface area is 267 Å². The summed E-state index contributed by atoms with van der Waals surface area (Å²) in [5.41, 5.74) is 2.78. The van der Waals surface area contributed by atoms with Crippen LogP contribution in [0.2, 0.25) is 0 Å². The summed E-state index contributed by atoms with van der Waals surface area (Å²) in [5, 5.41) is 0. The van der Waals surface area contributed by atoms with Gasteiger partial charge in [0.25, 0.3) is 0 Å². The molecule has 3 aliphatic rings. The predicted octanol–water partition coefficient (Wildman–Crippen LogP) is 6.76. The lowest BCUT2D eigenvalue weighted by Gasteiger charge is -2.56. The molecule has 2 aromatic carbocycles. The number of rotatable bonds is 9. The van der Waals surface area contributed by atoms with Crippen molar-refractivity contribution in [2.75, 3.05) is 42.7 Å². The van der Waals surface area contributed by atoms with E-state index in [0.29, 0.717) is 53.6 Å². The Morgan fingerprint density at radius 2 is 1.24 bits per heavy atom. The number of Topliss-reactive ketones (excluding diaryl/α,β-unsaturated/α-hetero) is 1. The van der Waals surface area contributed by atoms with Crippen molar-refractivity contribution in [1.82, 2.24) is 0 Å². The van der Waals surface area contributed by atoms with Crippen LogP contribution in [0.3, 0.4) is 0 Å². The highest BCUT2D eigenvalue weighted by atomic mass is 16.7. The summed E-state index contributed by atoms with van der Waals surface area (Å²) < 4.78 is 50.3. The van der Waals surface area contributed by atoms with E-state index in [9.17, 15) is 4.79 Å². The zero-order valence-corrected chi connectivity index (χ0v) is 28.8. The van der Waals surface area contributed by atoms with E-state index in [1.54, 1.807) is 35.5 Å². The van der Waals surface area contributed by atoms with Crippen molar-refractivity contribution in [3.05, 3.63) is 45.7 Å². The van der Waals surface area contributed by atoms with E-state index >= 15 is 0 Å². The van der Waals surface area contributed by atoms with Crippen LogP contribution in [0.4, 0.5) is 0 Å². The van der Waals surface area contributed by atoms with Crippen molar-refractivity contribution >= 4 is 5.78 Å². The van der Waals surface area contributed by atoms with Crippen LogP contribution in [-0.2, 0) is 27.1 Å². The van der Waals surface area contributed by atoms with Gasteiger partial charge in [-0.25, -0.2) is 0 Å². The minimum atomic E-state index is -1.39. The molecule has 0 unspecified atom stereocenters. The lowest BCUT2D eigenvalue weighted by Crippen LogP contribution is -2.69. The second-order valence-electron chi connectivity index (χ2n) is 13.0.